The molecule has 0 saturated heterocycles. The van der Waals surface area contributed by atoms with Gasteiger partial charge in [0, 0.05) is 24.0 Å². The molecule has 0 fully saturated rings. The van der Waals surface area contributed by atoms with Gasteiger partial charge in [-0.25, -0.2) is 14.4 Å². The van der Waals surface area contributed by atoms with E-state index in [1.165, 1.54) is 24.5 Å². The lowest BCUT2D eigenvalue weighted by molar-refractivity contribution is 0.346. The number of rotatable bonds is 3. The van der Waals surface area contributed by atoms with Crippen LogP contribution in [0.15, 0.2) is 30.7 Å². The van der Waals surface area contributed by atoms with Crippen molar-refractivity contribution in [3.63, 3.8) is 0 Å². The monoisotopic (exact) mass is 336 g/mol. The van der Waals surface area contributed by atoms with Gasteiger partial charge in [-0.15, -0.1) is 0 Å². The van der Waals surface area contributed by atoms with Crippen molar-refractivity contribution in [2.45, 2.75) is 0 Å². The summed E-state index contributed by atoms with van der Waals surface area (Å²) in [5.74, 6) is -0.700. The molecule has 3 aromatic rings. The fourth-order valence-electron chi connectivity index (χ4n) is 2.03. The molecule has 0 amide bonds. The van der Waals surface area contributed by atoms with Crippen LogP contribution in [0, 0.1) is 17.1 Å². The number of nitriles is 1. The minimum atomic E-state index is -0.621. The molecule has 0 atom stereocenters. The van der Waals surface area contributed by atoms with Gasteiger partial charge in [-0.3, -0.25) is 4.40 Å². The van der Waals surface area contributed by atoms with Crippen LogP contribution in [0.2, 0.25) is 10.2 Å². The van der Waals surface area contributed by atoms with Crippen molar-refractivity contribution in [1.82, 2.24) is 14.4 Å². The lowest BCUT2D eigenvalue weighted by Gasteiger charge is -2.09. The van der Waals surface area contributed by atoms with Crippen molar-refractivity contribution in [3.8, 4) is 23.1 Å². The van der Waals surface area contributed by atoms with E-state index in [0.29, 0.717) is 16.9 Å². The lowest BCUT2D eigenvalue weighted by Crippen LogP contribution is -1.98. The molecule has 5 nitrogen and oxygen atoms in total. The second kappa shape index (κ2) is 5.79. The predicted octanol–water partition coefficient (Wildman–Crippen LogP) is 3.74. The molecule has 0 bridgehead atoms. The molecule has 0 aliphatic rings. The average molecular weight is 337 g/mol. The second-order valence-corrected chi connectivity index (χ2v) is 5.03. The van der Waals surface area contributed by atoms with Gasteiger partial charge in [-0.2, -0.15) is 5.26 Å². The molecular formula is C14H7Cl2FN4O. The van der Waals surface area contributed by atoms with Gasteiger partial charge in [0.2, 0.25) is 0 Å². The van der Waals surface area contributed by atoms with Gasteiger partial charge in [-0.05, 0) is 6.07 Å². The van der Waals surface area contributed by atoms with E-state index in [9.17, 15) is 4.39 Å². The van der Waals surface area contributed by atoms with Gasteiger partial charge in [0.25, 0.3) is 0 Å². The Labute approximate surface area is 134 Å². The summed E-state index contributed by atoms with van der Waals surface area (Å²) < 4.78 is 20.7. The molecule has 1 aromatic carbocycles. The van der Waals surface area contributed by atoms with Crippen molar-refractivity contribution in [2.75, 3.05) is 6.61 Å². The maximum absolute atomic E-state index is 14.1. The van der Waals surface area contributed by atoms with Crippen LogP contribution < -0.4 is 4.74 Å². The van der Waals surface area contributed by atoms with Gasteiger partial charge in [0.15, 0.2) is 29.0 Å². The number of aromatic nitrogens is 3. The normalized spacial score (nSPS) is 10.6. The maximum Gasteiger partial charge on any atom is 0.175 e. The van der Waals surface area contributed by atoms with Crippen LogP contribution in [0.3, 0.4) is 0 Å². The molecular weight excluding hydrogens is 330 g/mol. The molecule has 0 aliphatic heterocycles. The Balaban J connectivity index is 2.13. The van der Waals surface area contributed by atoms with Crippen LogP contribution in [-0.2, 0) is 0 Å². The molecule has 0 saturated carbocycles. The number of imidazole rings is 1. The molecule has 0 spiro atoms. The van der Waals surface area contributed by atoms with Crippen molar-refractivity contribution in [3.05, 3.63) is 46.7 Å². The minimum Gasteiger partial charge on any atom is -0.476 e. The van der Waals surface area contributed by atoms with Crippen LogP contribution in [0.1, 0.15) is 0 Å². The molecule has 0 aliphatic carbocycles. The molecule has 2 heterocycles. The molecule has 8 heteroatoms. The van der Waals surface area contributed by atoms with Crippen molar-refractivity contribution in [2.24, 2.45) is 0 Å². The lowest BCUT2D eigenvalue weighted by atomic mass is 10.1. The first kappa shape index (κ1) is 14.6. The summed E-state index contributed by atoms with van der Waals surface area (Å²) in [6, 6.07) is 4.32. The zero-order valence-corrected chi connectivity index (χ0v) is 12.4. The first-order chi connectivity index (χ1) is 10.6. The zero-order valence-electron chi connectivity index (χ0n) is 10.9. The topological polar surface area (TPSA) is 63.2 Å². The Kier molecular flexibility index (Phi) is 3.84. The summed E-state index contributed by atoms with van der Waals surface area (Å²) in [4.78, 5) is 8.08. The maximum atomic E-state index is 14.1. The predicted molar refractivity (Wildman–Crippen MR) is 79.5 cm³/mol. The summed E-state index contributed by atoms with van der Waals surface area (Å²) >= 11 is 12.2. The summed E-state index contributed by atoms with van der Waals surface area (Å²) in [7, 11) is 0. The van der Waals surface area contributed by atoms with E-state index in [2.05, 4.69) is 9.97 Å². The third-order valence-corrected chi connectivity index (χ3v) is 3.55. The third kappa shape index (κ3) is 2.45. The van der Waals surface area contributed by atoms with Gasteiger partial charge >= 0.3 is 0 Å². The largest absolute Gasteiger partial charge is 0.476 e. The number of benzene rings is 1. The van der Waals surface area contributed by atoms with Crippen LogP contribution >= 0.6 is 23.2 Å². The fraction of sp³-hybridized carbons (Fsp3) is 0.0714. The first-order valence-corrected chi connectivity index (χ1v) is 6.84. The molecule has 0 radical (unpaired) electrons. The van der Waals surface area contributed by atoms with Gasteiger partial charge in [-0.1, -0.05) is 23.2 Å². The Morgan fingerprint density at radius 1 is 1.32 bits per heavy atom. The minimum absolute atomic E-state index is 0.0798. The van der Waals surface area contributed by atoms with E-state index in [-0.39, 0.29) is 22.5 Å². The first-order valence-electron chi connectivity index (χ1n) is 6.08. The van der Waals surface area contributed by atoms with Gasteiger partial charge in [0.05, 0.1) is 16.9 Å². The van der Waals surface area contributed by atoms with E-state index < -0.39 is 5.82 Å². The summed E-state index contributed by atoms with van der Waals surface area (Å²) in [6.45, 7) is -0.260. The number of hydrogen-bond acceptors (Lipinski definition) is 4. The van der Waals surface area contributed by atoms with Crippen molar-refractivity contribution < 1.29 is 9.13 Å². The highest BCUT2D eigenvalue weighted by atomic mass is 35.5. The Bertz CT molecular complexity index is 904. The van der Waals surface area contributed by atoms with E-state index in [1.54, 1.807) is 16.7 Å². The van der Waals surface area contributed by atoms with Crippen LogP contribution in [0.25, 0.3) is 16.9 Å². The standard InChI is InChI=1S/C14H7Cl2FN4O/c15-9-6-12(22-4-1-18)10(17)5-8(9)11-7-20-14-13(16)19-2-3-21(11)14/h2-3,5-7H,4H2. The number of halogens is 3. The highest BCUT2D eigenvalue weighted by Crippen LogP contribution is 2.34. The molecule has 22 heavy (non-hydrogen) atoms. The Morgan fingerprint density at radius 2 is 2.14 bits per heavy atom. The van der Waals surface area contributed by atoms with Crippen LogP contribution in [-0.4, -0.2) is 21.0 Å². The van der Waals surface area contributed by atoms with E-state index in [4.69, 9.17) is 33.2 Å². The smallest absolute Gasteiger partial charge is 0.175 e. The molecule has 110 valence electrons. The fourth-order valence-corrected chi connectivity index (χ4v) is 2.48. The van der Waals surface area contributed by atoms with E-state index in [0.717, 1.165) is 0 Å². The Hall–Kier alpha value is -2.36. The van der Waals surface area contributed by atoms with E-state index >= 15 is 0 Å². The highest BCUT2D eigenvalue weighted by Gasteiger charge is 2.15. The summed E-state index contributed by atoms with van der Waals surface area (Å²) in [6.07, 6.45) is 4.69. The van der Waals surface area contributed by atoms with Crippen molar-refractivity contribution in [1.29, 1.82) is 5.26 Å². The second-order valence-electron chi connectivity index (χ2n) is 4.26. The summed E-state index contributed by atoms with van der Waals surface area (Å²) in [5.41, 5.74) is 1.44. The molecule has 3 rings (SSSR count). The summed E-state index contributed by atoms with van der Waals surface area (Å²) in [5, 5.41) is 8.98. The van der Waals surface area contributed by atoms with Gasteiger partial charge < -0.3 is 4.74 Å². The SMILES string of the molecule is N#CCOc1cc(Cl)c(-c2cnc3c(Cl)nccn23)cc1F. The number of nitrogens with zero attached hydrogens (tertiary/aromatic N) is 4. The molecule has 2 aromatic heterocycles. The number of fused-ring (bicyclic) bond motifs is 1. The highest BCUT2D eigenvalue weighted by molar-refractivity contribution is 6.33. The zero-order chi connectivity index (χ0) is 15.7. The third-order valence-electron chi connectivity index (χ3n) is 2.97. The average Bonchev–Trinajstić information content (AvgIpc) is 2.93. The van der Waals surface area contributed by atoms with Crippen molar-refractivity contribution >= 4 is 28.8 Å². The Morgan fingerprint density at radius 3 is 2.91 bits per heavy atom. The number of ether oxygens (including phenoxy) is 1. The van der Waals surface area contributed by atoms with Crippen LogP contribution in [0.4, 0.5) is 4.39 Å². The number of hydrogen-bond donors (Lipinski definition) is 0. The molecule has 0 unspecified atom stereocenters. The molecule has 0 N–H and O–H groups in total. The van der Waals surface area contributed by atoms with E-state index in [1.807, 2.05) is 0 Å². The van der Waals surface area contributed by atoms with Gasteiger partial charge in [0.1, 0.15) is 6.07 Å². The van der Waals surface area contributed by atoms with Crippen LogP contribution in [0.5, 0.6) is 5.75 Å². The quantitative estimate of drug-likeness (QED) is 0.730.